The van der Waals surface area contributed by atoms with Crippen LogP contribution in [-0.2, 0) is 6.54 Å². The molecule has 0 saturated carbocycles. The van der Waals surface area contributed by atoms with Gasteiger partial charge in [0.05, 0.1) is 16.2 Å². The number of hydrogen-bond acceptors (Lipinski definition) is 3. The molecule has 0 spiro atoms. The normalized spacial score (nSPS) is 10.8. The Hall–Kier alpha value is -1.91. The fraction of sp³-hybridized carbons (Fsp3) is 0.133. The van der Waals surface area contributed by atoms with Crippen molar-refractivity contribution in [2.24, 2.45) is 0 Å². The second kappa shape index (κ2) is 5.84. The van der Waals surface area contributed by atoms with E-state index < -0.39 is 0 Å². The minimum Gasteiger partial charge on any atom is -0.460 e. The predicted molar refractivity (Wildman–Crippen MR) is 84.8 cm³/mol. The smallest absolute Gasteiger partial charge is 0.152 e. The standard InChI is InChI=1S/C15H13Cl2N3O/c1-9-2-5-14(21-9)15-10(8-19-20-15)7-18-11-3-4-12(16)13(17)6-11/h2-6,8,18H,7H2,1H3,(H,19,20). The van der Waals surface area contributed by atoms with Crippen LogP contribution in [0.4, 0.5) is 5.69 Å². The van der Waals surface area contributed by atoms with Crippen LogP contribution in [0.1, 0.15) is 11.3 Å². The van der Waals surface area contributed by atoms with E-state index in [4.69, 9.17) is 27.6 Å². The number of aromatic nitrogens is 2. The van der Waals surface area contributed by atoms with Gasteiger partial charge in [-0.2, -0.15) is 5.10 Å². The summed E-state index contributed by atoms with van der Waals surface area (Å²) in [7, 11) is 0. The van der Waals surface area contributed by atoms with E-state index in [1.54, 1.807) is 18.3 Å². The van der Waals surface area contributed by atoms with Crippen LogP contribution in [0.15, 0.2) is 40.9 Å². The number of furan rings is 1. The third-order valence-corrected chi connectivity index (χ3v) is 3.85. The second-order valence-electron chi connectivity index (χ2n) is 4.66. The van der Waals surface area contributed by atoms with Crippen LogP contribution < -0.4 is 5.32 Å². The van der Waals surface area contributed by atoms with Gasteiger partial charge < -0.3 is 9.73 Å². The van der Waals surface area contributed by atoms with E-state index in [2.05, 4.69) is 15.5 Å². The summed E-state index contributed by atoms with van der Waals surface area (Å²) in [5, 5.41) is 11.4. The second-order valence-corrected chi connectivity index (χ2v) is 5.48. The minimum atomic E-state index is 0.524. The van der Waals surface area contributed by atoms with E-state index in [1.807, 2.05) is 25.1 Å². The number of benzene rings is 1. The third kappa shape index (κ3) is 3.06. The van der Waals surface area contributed by atoms with Crippen LogP contribution in [0.5, 0.6) is 0 Å². The van der Waals surface area contributed by atoms with Crippen molar-refractivity contribution in [3.63, 3.8) is 0 Å². The fourth-order valence-electron chi connectivity index (χ4n) is 2.03. The highest BCUT2D eigenvalue weighted by atomic mass is 35.5. The Morgan fingerprint density at radius 3 is 2.76 bits per heavy atom. The molecule has 0 radical (unpaired) electrons. The van der Waals surface area contributed by atoms with Gasteiger partial charge in [0.15, 0.2) is 5.76 Å². The number of halogens is 2. The van der Waals surface area contributed by atoms with Gasteiger partial charge in [-0.15, -0.1) is 0 Å². The number of hydrogen-bond donors (Lipinski definition) is 2. The molecular weight excluding hydrogens is 309 g/mol. The molecule has 0 bridgehead atoms. The Balaban J connectivity index is 1.77. The number of aromatic amines is 1. The van der Waals surface area contributed by atoms with Crippen LogP contribution in [0.2, 0.25) is 10.0 Å². The van der Waals surface area contributed by atoms with Crippen LogP contribution in [0.3, 0.4) is 0 Å². The molecule has 2 heterocycles. The molecule has 3 rings (SSSR count). The summed E-state index contributed by atoms with van der Waals surface area (Å²) < 4.78 is 5.62. The molecule has 108 valence electrons. The fourth-order valence-corrected chi connectivity index (χ4v) is 2.33. The van der Waals surface area contributed by atoms with Crippen molar-refractivity contribution >= 4 is 28.9 Å². The molecule has 2 aromatic heterocycles. The van der Waals surface area contributed by atoms with Gasteiger partial charge in [-0.25, -0.2) is 0 Å². The summed E-state index contributed by atoms with van der Waals surface area (Å²) >= 11 is 11.9. The lowest BCUT2D eigenvalue weighted by Gasteiger charge is -2.07. The largest absolute Gasteiger partial charge is 0.460 e. The van der Waals surface area contributed by atoms with Crippen LogP contribution >= 0.6 is 23.2 Å². The number of rotatable bonds is 4. The molecular formula is C15H13Cl2N3O. The van der Waals surface area contributed by atoms with E-state index in [1.165, 1.54) is 0 Å². The third-order valence-electron chi connectivity index (χ3n) is 3.11. The summed E-state index contributed by atoms with van der Waals surface area (Å²) in [6.07, 6.45) is 1.78. The zero-order valence-electron chi connectivity index (χ0n) is 11.3. The van der Waals surface area contributed by atoms with Crippen molar-refractivity contribution in [1.29, 1.82) is 0 Å². The lowest BCUT2D eigenvalue weighted by atomic mass is 10.2. The zero-order valence-corrected chi connectivity index (χ0v) is 12.8. The molecule has 0 amide bonds. The summed E-state index contributed by atoms with van der Waals surface area (Å²) in [5.41, 5.74) is 2.78. The summed E-state index contributed by atoms with van der Waals surface area (Å²) in [4.78, 5) is 0. The van der Waals surface area contributed by atoms with Crippen molar-refractivity contribution in [3.8, 4) is 11.5 Å². The highest BCUT2D eigenvalue weighted by Gasteiger charge is 2.11. The van der Waals surface area contributed by atoms with Gasteiger partial charge in [-0.1, -0.05) is 23.2 Å². The molecule has 0 aliphatic carbocycles. The van der Waals surface area contributed by atoms with Crippen molar-refractivity contribution < 1.29 is 4.42 Å². The first-order chi connectivity index (χ1) is 10.1. The lowest BCUT2D eigenvalue weighted by Crippen LogP contribution is -1.99. The van der Waals surface area contributed by atoms with Crippen LogP contribution in [0.25, 0.3) is 11.5 Å². The summed E-state index contributed by atoms with van der Waals surface area (Å²) in [6, 6.07) is 9.28. The molecule has 0 unspecified atom stereocenters. The van der Waals surface area contributed by atoms with Gasteiger partial charge in [0, 0.05) is 17.8 Å². The first kappa shape index (κ1) is 14.0. The van der Waals surface area contributed by atoms with Crippen molar-refractivity contribution in [3.05, 3.63) is 57.9 Å². The molecule has 4 nitrogen and oxygen atoms in total. The molecule has 21 heavy (non-hydrogen) atoms. The number of nitrogens with zero attached hydrogens (tertiary/aromatic N) is 1. The topological polar surface area (TPSA) is 53.9 Å². The van der Waals surface area contributed by atoms with E-state index in [-0.39, 0.29) is 0 Å². The summed E-state index contributed by atoms with van der Waals surface area (Å²) in [5.74, 6) is 1.64. The Bertz CT molecular complexity index is 764. The maximum atomic E-state index is 6.00. The molecule has 6 heteroatoms. The molecule has 1 aromatic carbocycles. The Morgan fingerprint density at radius 1 is 1.19 bits per heavy atom. The quantitative estimate of drug-likeness (QED) is 0.718. The Morgan fingerprint density at radius 2 is 2.05 bits per heavy atom. The van der Waals surface area contributed by atoms with E-state index in [0.717, 1.165) is 28.5 Å². The van der Waals surface area contributed by atoms with E-state index >= 15 is 0 Å². The minimum absolute atomic E-state index is 0.524. The average Bonchev–Trinajstić information content (AvgIpc) is 3.08. The average molecular weight is 322 g/mol. The van der Waals surface area contributed by atoms with Crippen LogP contribution in [-0.4, -0.2) is 10.2 Å². The number of nitrogens with one attached hydrogen (secondary N) is 2. The maximum Gasteiger partial charge on any atom is 0.152 e. The Labute approximate surface area is 132 Å². The zero-order chi connectivity index (χ0) is 14.8. The highest BCUT2D eigenvalue weighted by molar-refractivity contribution is 6.42. The van der Waals surface area contributed by atoms with Gasteiger partial charge in [-0.05, 0) is 37.3 Å². The SMILES string of the molecule is Cc1ccc(-c2[nH]ncc2CNc2ccc(Cl)c(Cl)c2)o1. The molecule has 3 aromatic rings. The van der Waals surface area contributed by atoms with E-state index in [9.17, 15) is 0 Å². The molecule has 0 atom stereocenters. The summed E-state index contributed by atoms with van der Waals surface area (Å²) in [6.45, 7) is 2.51. The van der Waals surface area contributed by atoms with Gasteiger partial charge in [0.2, 0.25) is 0 Å². The number of anilines is 1. The first-order valence-electron chi connectivity index (χ1n) is 6.41. The van der Waals surface area contributed by atoms with Crippen LogP contribution in [0, 0.1) is 6.92 Å². The van der Waals surface area contributed by atoms with Crippen molar-refractivity contribution in [2.45, 2.75) is 13.5 Å². The number of aryl methyl sites for hydroxylation is 1. The van der Waals surface area contributed by atoms with E-state index in [0.29, 0.717) is 16.6 Å². The monoisotopic (exact) mass is 321 g/mol. The molecule has 0 aliphatic rings. The highest BCUT2D eigenvalue weighted by Crippen LogP contribution is 2.27. The van der Waals surface area contributed by atoms with Gasteiger partial charge >= 0.3 is 0 Å². The van der Waals surface area contributed by atoms with Crippen molar-refractivity contribution in [2.75, 3.05) is 5.32 Å². The molecule has 2 N–H and O–H groups in total. The van der Waals surface area contributed by atoms with Gasteiger partial charge in [0.25, 0.3) is 0 Å². The predicted octanol–water partition coefficient (Wildman–Crippen LogP) is 4.90. The number of H-pyrrole nitrogens is 1. The first-order valence-corrected chi connectivity index (χ1v) is 7.17. The molecule has 0 fully saturated rings. The lowest BCUT2D eigenvalue weighted by molar-refractivity contribution is 0.545. The molecule has 0 aliphatic heterocycles. The van der Waals surface area contributed by atoms with Crippen molar-refractivity contribution in [1.82, 2.24) is 10.2 Å². The van der Waals surface area contributed by atoms with Gasteiger partial charge in [-0.3, -0.25) is 5.10 Å². The van der Waals surface area contributed by atoms with Gasteiger partial charge in [0.1, 0.15) is 11.5 Å². The maximum absolute atomic E-state index is 6.00. The molecule has 0 saturated heterocycles. The Kier molecular flexibility index (Phi) is 3.90.